The molecule has 0 saturated carbocycles. The van der Waals surface area contributed by atoms with E-state index in [1.54, 1.807) is 31.1 Å². The molecule has 2 rings (SSSR count). The third kappa shape index (κ3) is 4.68. The summed E-state index contributed by atoms with van der Waals surface area (Å²) in [6, 6.07) is 15.7. The van der Waals surface area contributed by atoms with Gasteiger partial charge in [0.2, 0.25) is 0 Å². The SMILES string of the molecule is CN(C)c1ccc(/C=C(\C#N)C(=O)NCc2ccccc2)cc1[N+](=O)[O-]. The lowest BCUT2D eigenvalue weighted by atomic mass is 10.1. The summed E-state index contributed by atoms with van der Waals surface area (Å²) in [5, 5.41) is 23.2. The summed E-state index contributed by atoms with van der Waals surface area (Å²) >= 11 is 0. The minimum absolute atomic E-state index is 0.0919. The van der Waals surface area contributed by atoms with Gasteiger partial charge in [-0.15, -0.1) is 0 Å². The van der Waals surface area contributed by atoms with Gasteiger partial charge in [-0.2, -0.15) is 5.26 Å². The van der Waals surface area contributed by atoms with Crippen LogP contribution in [0.2, 0.25) is 0 Å². The van der Waals surface area contributed by atoms with E-state index in [2.05, 4.69) is 5.32 Å². The van der Waals surface area contributed by atoms with Crippen molar-refractivity contribution in [1.82, 2.24) is 5.32 Å². The van der Waals surface area contributed by atoms with E-state index >= 15 is 0 Å². The fourth-order valence-corrected chi connectivity index (χ4v) is 2.34. The van der Waals surface area contributed by atoms with E-state index < -0.39 is 10.8 Å². The van der Waals surface area contributed by atoms with E-state index in [1.165, 1.54) is 12.1 Å². The molecule has 0 heterocycles. The summed E-state index contributed by atoms with van der Waals surface area (Å²) in [6.45, 7) is 0.290. The van der Waals surface area contributed by atoms with E-state index in [0.29, 0.717) is 17.8 Å². The zero-order valence-corrected chi connectivity index (χ0v) is 14.5. The molecule has 0 aliphatic rings. The Balaban J connectivity index is 2.22. The smallest absolute Gasteiger partial charge is 0.293 e. The Kier molecular flexibility index (Phi) is 6.06. The number of nitro benzene ring substituents is 1. The average molecular weight is 350 g/mol. The maximum atomic E-state index is 12.2. The van der Waals surface area contributed by atoms with E-state index in [4.69, 9.17) is 0 Å². The molecule has 0 spiro atoms. The lowest BCUT2D eigenvalue weighted by Gasteiger charge is -2.12. The molecule has 0 fully saturated rings. The van der Waals surface area contributed by atoms with Gasteiger partial charge < -0.3 is 10.2 Å². The molecule has 7 nitrogen and oxygen atoms in total. The molecule has 0 saturated heterocycles. The number of nitrogens with zero attached hydrogens (tertiary/aromatic N) is 3. The zero-order chi connectivity index (χ0) is 19.1. The average Bonchev–Trinajstić information content (AvgIpc) is 2.64. The summed E-state index contributed by atoms with van der Waals surface area (Å²) in [6.07, 6.45) is 1.34. The van der Waals surface area contributed by atoms with Crippen LogP contribution in [0, 0.1) is 21.4 Å². The fourth-order valence-electron chi connectivity index (χ4n) is 2.34. The van der Waals surface area contributed by atoms with Gasteiger partial charge in [0.15, 0.2) is 0 Å². The number of nitrogens with one attached hydrogen (secondary N) is 1. The van der Waals surface area contributed by atoms with E-state index in [1.807, 2.05) is 36.4 Å². The summed E-state index contributed by atoms with van der Waals surface area (Å²) in [5.74, 6) is -0.532. The fraction of sp³-hybridized carbons (Fsp3) is 0.158. The molecule has 0 aromatic heterocycles. The predicted octanol–water partition coefficient (Wildman–Crippen LogP) is 2.88. The molecular formula is C19H18N4O3. The van der Waals surface area contributed by atoms with Gasteiger partial charge in [0, 0.05) is 26.7 Å². The predicted molar refractivity (Wildman–Crippen MR) is 99.3 cm³/mol. The molecule has 7 heteroatoms. The molecule has 1 amide bonds. The minimum atomic E-state index is -0.532. The Hall–Kier alpha value is -3.66. The van der Waals surface area contributed by atoms with Crippen molar-refractivity contribution in [2.75, 3.05) is 19.0 Å². The van der Waals surface area contributed by atoms with E-state index in [9.17, 15) is 20.2 Å². The monoisotopic (exact) mass is 350 g/mol. The molecule has 0 bridgehead atoms. The van der Waals surface area contributed by atoms with Crippen LogP contribution in [0.1, 0.15) is 11.1 Å². The summed E-state index contributed by atoms with van der Waals surface area (Å²) in [7, 11) is 3.41. The van der Waals surface area contributed by atoms with Crippen LogP contribution in [0.25, 0.3) is 6.08 Å². The third-order valence-corrected chi connectivity index (χ3v) is 3.65. The summed E-state index contributed by atoms with van der Waals surface area (Å²) in [5.41, 5.74) is 1.55. The molecule has 0 atom stereocenters. The largest absolute Gasteiger partial charge is 0.372 e. The van der Waals surface area contributed by atoms with Gasteiger partial charge in [-0.25, -0.2) is 0 Å². The van der Waals surface area contributed by atoms with Crippen LogP contribution in [0.4, 0.5) is 11.4 Å². The van der Waals surface area contributed by atoms with E-state index in [-0.39, 0.29) is 11.3 Å². The molecule has 1 N–H and O–H groups in total. The molecule has 26 heavy (non-hydrogen) atoms. The van der Waals surface area contributed by atoms with Crippen LogP contribution in [-0.2, 0) is 11.3 Å². The van der Waals surface area contributed by atoms with Gasteiger partial charge >= 0.3 is 0 Å². The highest BCUT2D eigenvalue weighted by molar-refractivity contribution is 6.01. The van der Waals surface area contributed by atoms with Crippen molar-refractivity contribution in [3.8, 4) is 6.07 Å². The van der Waals surface area contributed by atoms with Crippen LogP contribution >= 0.6 is 0 Å². The molecule has 2 aromatic rings. The number of benzene rings is 2. The van der Waals surface area contributed by atoms with E-state index in [0.717, 1.165) is 5.56 Å². The molecular weight excluding hydrogens is 332 g/mol. The highest BCUT2D eigenvalue weighted by Gasteiger charge is 2.16. The van der Waals surface area contributed by atoms with Gasteiger partial charge in [0.1, 0.15) is 17.3 Å². The number of carbonyl (C=O) groups excluding carboxylic acids is 1. The van der Waals surface area contributed by atoms with Crippen LogP contribution < -0.4 is 10.2 Å². The van der Waals surface area contributed by atoms with Crippen LogP contribution in [0.15, 0.2) is 54.1 Å². The van der Waals surface area contributed by atoms with Gasteiger partial charge in [-0.1, -0.05) is 36.4 Å². The molecule has 0 aliphatic heterocycles. The van der Waals surface area contributed by atoms with Crippen molar-refractivity contribution >= 4 is 23.4 Å². The maximum Gasteiger partial charge on any atom is 0.293 e. The molecule has 2 aromatic carbocycles. The Labute approximate surface area is 151 Å². The van der Waals surface area contributed by atoms with Crippen molar-refractivity contribution in [3.05, 3.63) is 75.3 Å². The van der Waals surface area contributed by atoms with Gasteiger partial charge in [0.25, 0.3) is 11.6 Å². The van der Waals surface area contributed by atoms with Crippen molar-refractivity contribution in [2.45, 2.75) is 6.54 Å². The highest BCUT2D eigenvalue weighted by Crippen LogP contribution is 2.28. The quantitative estimate of drug-likeness (QED) is 0.374. The number of nitriles is 1. The Morgan fingerprint density at radius 1 is 1.27 bits per heavy atom. The standard InChI is InChI=1S/C19H18N4O3/c1-22(2)17-9-8-15(11-18(17)23(25)26)10-16(12-20)19(24)21-13-14-6-4-3-5-7-14/h3-11H,13H2,1-2H3,(H,21,24)/b16-10+. The number of anilines is 1. The van der Waals surface area contributed by atoms with Gasteiger partial charge in [0.05, 0.1) is 4.92 Å². The molecule has 132 valence electrons. The molecule has 0 aliphatic carbocycles. The molecule has 0 radical (unpaired) electrons. The lowest BCUT2D eigenvalue weighted by molar-refractivity contribution is -0.384. The number of nitro groups is 1. The zero-order valence-electron chi connectivity index (χ0n) is 14.5. The normalized spacial score (nSPS) is 10.7. The van der Waals surface area contributed by atoms with Crippen molar-refractivity contribution in [1.29, 1.82) is 5.26 Å². The lowest BCUT2D eigenvalue weighted by Crippen LogP contribution is -2.23. The van der Waals surface area contributed by atoms with Gasteiger partial charge in [-0.05, 0) is 23.3 Å². The van der Waals surface area contributed by atoms with Crippen LogP contribution in [0.5, 0.6) is 0 Å². The number of rotatable bonds is 6. The number of hydrogen-bond acceptors (Lipinski definition) is 5. The van der Waals surface area contributed by atoms with Crippen molar-refractivity contribution < 1.29 is 9.72 Å². The third-order valence-electron chi connectivity index (χ3n) is 3.65. The van der Waals surface area contributed by atoms with Crippen LogP contribution in [0.3, 0.4) is 0 Å². The van der Waals surface area contributed by atoms with Gasteiger partial charge in [-0.3, -0.25) is 14.9 Å². The maximum absolute atomic E-state index is 12.2. The molecule has 0 unspecified atom stereocenters. The minimum Gasteiger partial charge on any atom is -0.372 e. The first-order valence-electron chi connectivity index (χ1n) is 7.82. The van der Waals surface area contributed by atoms with Crippen molar-refractivity contribution in [2.24, 2.45) is 0 Å². The second-order valence-corrected chi connectivity index (χ2v) is 5.74. The second-order valence-electron chi connectivity index (χ2n) is 5.74. The second kappa shape index (κ2) is 8.44. The van der Waals surface area contributed by atoms with Crippen molar-refractivity contribution in [3.63, 3.8) is 0 Å². The number of amides is 1. The van der Waals surface area contributed by atoms with Crippen LogP contribution in [-0.4, -0.2) is 24.9 Å². The number of hydrogen-bond donors (Lipinski definition) is 1. The summed E-state index contributed by atoms with van der Waals surface area (Å²) in [4.78, 5) is 24.6. The number of carbonyl (C=O) groups is 1. The Morgan fingerprint density at radius 3 is 2.54 bits per heavy atom. The Bertz CT molecular complexity index is 883. The highest BCUT2D eigenvalue weighted by atomic mass is 16.6. The first-order chi connectivity index (χ1) is 12.4. The topological polar surface area (TPSA) is 99.3 Å². The Morgan fingerprint density at radius 2 is 1.96 bits per heavy atom. The summed E-state index contributed by atoms with van der Waals surface area (Å²) < 4.78 is 0. The first-order valence-corrected chi connectivity index (χ1v) is 7.82. The first kappa shape index (κ1) is 18.7.